The molecular formula is C19H13FN2S2. The van der Waals surface area contributed by atoms with E-state index in [-0.39, 0.29) is 5.82 Å². The van der Waals surface area contributed by atoms with Crippen LogP contribution in [0.3, 0.4) is 0 Å². The van der Waals surface area contributed by atoms with Crippen molar-refractivity contribution in [2.75, 3.05) is 0 Å². The first kappa shape index (κ1) is 15.2. The van der Waals surface area contributed by atoms with Gasteiger partial charge in [0.1, 0.15) is 5.82 Å². The molecule has 0 spiro atoms. The highest BCUT2D eigenvalue weighted by Gasteiger charge is 2.11. The van der Waals surface area contributed by atoms with Crippen molar-refractivity contribution in [1.29, 1.82) is 0 Å². The van der Waals surface area contributed by atoms with Gasteiger partial charge >= 0.3 is 0 Å². The van der Waals surface area contributed by atoms with Gasteiger partial charge in [0.05, 0.1) is 11.4 Å². The number of nitrogens with zero attached hydrogens (tertiary/aromatic N) is 2. The van der Waals surface area contributed by atoms with Crippen molar-refractivity contribution in [3.05, 3.63) is 70.7 Å². The minimum atomic E-state index is -0.239. The summed E-state index contributed by atoms with van der Waals surface area (Å²) in [6.45, 7) is 2.07. The summed E-state index contributed by atoms with van der Waals surface area (Å²) >= 11 is 3.15. The van der Waals surface area contributed by atoms with E-state index in [4.69, 9.17) is 4.98 Å². The molecule has 2 aromatic carbocycles. The van der Waals surface area contributed by atoms with Gasteiger partial charge in [-0.1, -0.05) is 29.8 Å². The third kappa shape index (κ3) is 3.00. The molecule has 2 heterocycles. The van der Waals surface area contributed by atoms with E-state index < -0.39 is 0 Å². The highest BCUT2D eigenvalue weighted by atomic mass is 32.1. The average Bonchev–Trinajstić information content (AvgIpc) is 3.25. The molecule has 2 aromatic heterocycles. The molecule has 2 nitrogen and oxygen atoms in total. The van der Waals surface area contributed by atoms with E-state index in [0.29, 0.717) is 0 Å². The Labute approximate surface area is 147 Å². The molecule has 0 atom stereocenters. The van der Waals surface area contributed by atoms with Gasteiger partial charge in [-0.25, -0.2) is 14.4 Å². The van der Waals surface area contributed by atoms with Crippen LogP contribution in [0.4, 0.5) is 4.39 Å². The molecule has 0 N–H and O–H groups in total. The quantitative estimate of drug-likeness (QED) is 0.449. The van der Waals surface area contributed by atoms with Gasteiger partial charge in [0.15, 0.2) is 10.0 Å². The van der Waals surface area contributed by atoms with E-state index in [2.05, 4.69) is 41.6 Å². The van der Waals surface area contributed by atoms with Gasteiger partial charge in [0, 0.05) is 21.9 Å². The molecule has 4 aromatic rings. The van der Waals surface area contributed by atoms with Crippen LogP contribution in [-0.2, 0) is 0 Å². The Bertz CT molecular complexity index is 888. The summed E-state index contributed by atoms with van der Waals surface area (Å²) in [6.07, 6.45) is 0. The maximum atomic E-state index is 13.0. The second-order valence-corrected chi connectivity index (χ2v) is 7.16. The molecule has 0 unspecified atom stereocenters. The van der Waals surface area contributed by atoms with Crippen LogP contribution in [-0.4, -0.2) is 9.97 Å². The summed E-state index contributed by atoms with van der Waals surface area (Å²) in [5, 5.41) is 5.83. The molecule has 0 saturated heterocycles. The van der Waals surface area contributed by atoms with Gasteiger partial charge in [-0.3, -0.25) is 0 Å². The van der Waals surface area contributed by atoms with Crippen LogP contribution in [0, 0.1) is 12.7 Å². The second kappa shape index (κ2) is 6.26. The number of hydrogen-bond acceptors (Lipinski definition) is 4. The Balaban J connectivity index is 1.63. The fourth-order valence-electron chi connectivity index (χ4n) is 2.35. The van der Waals surface area contributed by atoms with E-state index in [1.807, 2.05) is 5.38 Å². The Morgan fingerprint density at radius 2 is 1.17 bits per heavy atom. The normalized spacial score (nSPS) is 10.9. The lowest BCUT2D eigenvalue weighted by molar-refractivity contribution is 0.628. The zero-order chi connectivity index (χ0) is 16.5. The summed E-state index contributed by atoms with van der Waals surface area (Å²) in [7, 11) is 0. The minimum Gasteiger partial charge on any atom is -0.233 e. The molecule has 0 saturated carbocycles. The molecule has 4 rings (SSSR count). The first-order chi connectivity index (χ1) is 11.7. The first-order valence-corrected chi connectivity index (χ1v) is 9.19. The van der Waals surface area contributed by atoms with Gasteiger partial charge in [-0.15, -0.1) is 22.7 Å². The molecule has 24 heavy (non-hydrogen) atoms. The largest absolute Gasteiger partial charge is 0.233 e. The number of aromatic nitrogens is 2. The van der Waals surface area contributed by atoms with Crippen LogP contribution in [0.5, 0.6) is 0 Å². The molecule has 0 aliphatic rings. The third-order valence-corrected chi connectivity index (χ3v) is 5.51. The number of halogens is 1. The highest BCUT2D eigenvalue weighted by molar-refractivity contribution is 7.20. The molecule has 0 bridgehead atoms. The van der Waals surface area contributed by atoms with E-state index in [0.717, 1.165) is 32.5 Å². The van der Waals surface area contributed by atoms with Crippen molar-refractivity contribution in [3.8, 4) is 32.5 Å². The predicted molar refractivity (Wildman–Crippen MR) is 98.8 cm³/mol. The molecule has 0 aliphatic heterocycles. The monoisotopic (exact) mass is 352 g/mol. The van der Waals surface area contributed by atoms with E-state index in [9.17, 15) is 4.39 Å². The third-order valence-electron chi connectivity index (χ3n) is 3.68. The van der Waals surface area contributed by atoms with Gasteiger partial charge < -0.3 is 0 Å². The van der Waals surface area contributed by atoms with Crippen LogP contribution >= 0.6 is 22.7 Å². The smallest absolute Gasteiger partial charge is 0.152 e. The SMILES string of the molecule is Cc1ccc(-c2csc(-c3nc(-c4ccc(F)cc4)cs3)n2)cc1. The topological polar surface area (TPSA) is 25.8 Å². The van der Waals surface area contributed by atoms with Gasteiger partial charge in [0.2, 0.25) is 0 Å². The lowest BCUT2D eigenvalue weighted by Crippen LogP contribution is -1.81. The average molecular weight is 352 g/mol. The molecule has 0 aliphatic carbocycles. The summed E-state index contributed by atoms with van der Waals surface area (Å²) in [4.78, 5) is 9.35. The maximum Gasteiger partial charge on any atom is 0.152 e. The van der Waals surface area contributed by atoms with Crippen LogP contribution in [0.25, 0.3) is 32.5 Å². The van der Waals surface area contributed by atoms with Crippen molar-refractivity contribution in [1.82, 2.24) is 9.97 Å². The Morgan fingerprint density at radius 1 is 0.708 bits per heavy atom. The van der Waals surface area contributed by atoms with E-state index in [1.165, 1.54) is 17.7 Å². The van der Waals surface area contributed by atoms with E-state index >= 15 is 0 Å². The molecule has 5 heteroatoms. The number of rotatable bonds is 3. The van der Waals surface area contributed by atoms with E-state index in [1.54, 1.807) is 34.8 Å². The summed E-state index contributed by atoms with van der Waals surface area (Å²) in [6, 6.07) is 14.7. The molecule has 118 valence electrons. The van der Waals surface area contributed by atoms with Gasteiger partial charge in [-0.05, 0) is 31.2 Å². The highest BCUT2D eigenvalue weighted by Crippen LogP contribution is 2.33. The van der Waals surface area contributed by atoms with Crippen molar-refractivity contribution in [3.63, 3.8) is 0 Å². The Kier molecular flexibility index (Phi) is 3.96. The standard InChI is InChI=1S/C19H13FN2S2/c1-12-2-4-13(5-3-12)16-10-23-18(21-16)19-22-17(11-24-19)14-6-8-15(20)9-7-14/h2-11H,1H3. The lowest BCUT2D eigenvalue weighted by atomic mass is 10.1. The fourth-order valence-corrected chi connectivity index (χ4v) is 4.06. The number of thiazole rings is 2. The summed E-state index contributed by atoms with van der Waals surface area (Å²) in [5.41, 5.74) is 5.07. The number of aryl methyl sites for hydroxylation is 1. The molecule has 0 amide bonds. The maximum absolute atomic E-state index is 13.0. The van der Waals surface area contributed by atoms with Crippen LogP contribution in [0.15, 0.2) is 59.3 Å². The van der Waals surface area contributed by atoms with Crippen molar-refractivity contribution in [2.24, 2.45) is 0 Å². The van der Waals surface area contributed by atoms with Crippen LogP contribution in [0.1, 0.15) is 5.56 Å². The molecule has 0 radical (unpaired) electrons. The number of hydrogen-bond donors (Lipinski definition) is 0. The fraction of sp³-hybridized carbons (Fsp3) is 0.0526. The second-order valence-electron chi connectivity index (χ2n) is 5.45. The molecular weight excluding hydrogens is 339 g/mol. The van der Waals surface area contributed by atoms with Crippen LogP contribution < -0.4 is 0 Å². The zero-order valence-corrected chi connectivity index (χ0v) is 14.5. The van der Waals surface area contributed by atoms with Crippen molar-refractivity contribution in [2.45, 2.75) is 6.92 Å². The summed E-state index contributed by atoms with van der Waals surface area (Å²) < 4.78 is 13.0. The van der Waals surface area contributed by atoms with Gasteiger partial charge in [-0.2, -0.15) is 0 Å². The number of benzene rings is 2. The molecule has 0 fully saturated rings. The Hall–Kier alpha value is -2.37. The summed E-state index contributed by atoms with van der Waals surface area (Å²) in [5.74, 6) is -0.239. The van der Waals surface area contributed by atoms with Crippen molar-refractivity contribution >= 4 is 22.7 Å². The minimum absolute atomic E-state index is 0.239. The van der Waals surface area contributed by atoms with Crippen molar-refractivity contribution < 1.29 is 4.39 Å². The Morgan fingerprint density at radius 3 is 1.67 bits per heavy atom. The zero-order valence-electron chi connectivity index (χ0n) is 12.9. The predicted octanol–water partition coefficient (Wildman–Crippen LogP) is 6.05. The first-order valence-electron chi connectivity index (χ1n) is 7.43. The van der Waals surface area contributed by atoms with Gasteiger partial charge in [0.25, 0.3) is 0 Å². The lowest BCUT2D eigenvalue weighted by Gasteiger charge is -1.97. The van der Waals surface area contributed by atoms with Crippen LogP contribution in [0.2, 0.25) is 0 Å².